The maximum absolute atomic E-state index is 12.2. The maximum atomic E-state index is 12.2. The molecule has 1 saturated carbocycles. The molecule has 4 heteroatoms. The normalized spacial score (nSPS) is 27.1. The van der Waals surface area contributed by atoms with Crippen molar-refractivity contribution in [3.63, 3.8) is 0 Å². The van der Waals surface area contributed by atoms with E-state index in [2.05, 4.69) is 22.4 Å². The van der Waals surface area contributed by atoms with Crippen LogP contribution in [0.3, 0.4) is 0 Å². The fraction of sp³-hybridized carbons (Fsp3) is 0.833. The van der Waals surface area contributed by atoms with Gasteiger partial charge in [-0.1, -0.05) is 31.4 Å². The lowest BCUT2D eigenvalue weighted by Gasteiger charge is -2.40. The number of nitrogens with zero attached hydrogens (tertiary/aromatic N) is 1. The van der Waals surface area contributed by atoms with Gasteiger partial charge >= 0.3 is 0 Å². The monoisotopic (exact) mass is 306 g/mol. The fourth-order valence-electron chi connectivity index (χ4n) is 4.17. The summed E-state index contributed by atoms with van der Waals surface area (Å²) in [4.78, 5) is 14.6. The highest BCUT2D eigenvalue weighted by Crippen LogP contribution is 2.29. The van der Waals surface area contributed by atoms with E-state index >= 15 is 0 Å². The first-order valence-corrected chi connectivity index (χ1v) is 9.05. The molecule has 2 aliphatic carbocycles. The van der Waals surface area contributed by atoms with Crippen LogP contribution in [0.2, 0.25) is 0 Å². The molecule has 0 unspecified atom stereocenters. The van der Waals surface area contributed by atoms with Gasteiger partial charge in [-0.25, -0.2) is 0 Å². The Labute approximate surface area is 134 Å². The van der Waals surface area contributed by atoms with Gasteiger partial charge in [-0.3, -0.25) is 4.79 Å². The first-order valence-electron chi connectivity index (χ1n) is 9.05. The summed E-state index contributed by atoms with van der Waals surface area (Å²) in [6.45, 7) is 2.81. The number of β-amino-alcohol motifs (C(OH)–C–C–N with tert-alkyl or cyclic N) is 1. The van der Waals surface area contributed by atoms with Crippen LogP contribution in [-0.2, 0) is 4.79 Å². The van der Waals surface area contributed by atoms with Crippen molar-refractivity contribution in [2.45, 2.75) is 69.4 Å². The number of piperidine rings is 1. The molecule has 3 aliphatic rings. The first kappa shape index (κ1) is 16.0. The van der Waals surface area contributed by atoms with Gasteiger partial charge in [0.2, 0.25) is 5.91 Å². The van der Waals surface area contributed by atoms with Crippen LogP contribution >= 0.6 is 0 Å². The molecular weight excluding hydrogens is 276 g/mol. The molecule has 3 rings (SSSR count). The molecule has 0 aromatic heterocycles. The Morgan fingerprint density at radius 2 is 1.77 bits per heavy atom. The number of amides is 1. The molecule has 1 amide bonds. The summed E-state index contributed by atoms with van der Waals surface area (Å²) in [6.07, 6.45) is 13.6. The number of rotatable bonds is 4. The Balaban J connectivity index is 1.39. The second-order valence-electron chi connectivity index (χ2n) is 7.48. The predicted octanol–water partition coefficient (Wildman–Crippen LogP) is 2.23. The standard InChI is InChI=1S/C18H30N2O2/c21-17(15-6-2-3-7-15)19-16-8-12-20(13-9-16)14-18(22)10-4-1-5-11-18/h2-3,15-16,22H,1,4-14H2,(H,19,21). The van der Waals surface area contributed by atoms with Gasteiger partial charge in [-0.15, -0.1) is 0 Å². The largest absolute Gasteiger partial charge is 0.389 e. The Morgan fingerprint density at radius 1 is 1.14 bits per heavy atom. The smallest absolute Gasteiger partial charge is 0.223 e. The van der Waals surface area contributed by atoms with E-state index in [1.54, 1.807) is 0 Å². The zero-order valence-electron chi connectivity index (χ0n) is 13.6. The minimum Gasteiger partial charge on any atom is -0.389 e. The summed E-state index contributed by atoms with van der Waals surface area (Å²) in [5, 5.41) is 13.9. The van der Waals surface area contributed by atoms with Crippen molar-refractivity contribution >= 4 is 5.91 Å². The molecule has 1 saturated heterocycles. The maximum Gasteiger partial charge on any atom is 0.223 e. The number of hydrogen-bond acceptors (Lipinski definition) is 3. The average Bonchev–Trinajstić information content (AvgIpc) is 3.04. The van der Waals surface area contributed by atoms with E-state index < -0.39 is 5.60 Å². The summed E-state index contributed by atoms with van der Waals surface area (Å²) < 4.78 is 0. The van der Waals surface area contributed by atoms with Gasteiger partial charge in [-0.05, 0) is 38.5 Å². The van der Waals surface area contributed by atoms with Crippen LogP contribution in [0.4, 0.5) is 0 Å². The van der Waals surface area contributed by atoms with Crippen molar-refractivity contribution in [1.29, 1.82) is 0 Å². The highest BCUT2D eigenvalue weighted by atomic mass is 16.3. The second kappa shape index (κ2) is 7.14. The SMILES string of the molecule is O=C(NC1CCN(CC2(O)CCCCC2)CC1)C1CC=CC1. The van der Waals surface area contributed by atoms with Crippen LogP contribution in [0, 0.1) is 5.92 Å². The molecule has 2 N–H and O–H groups in total. The number of hydrogen-bond donors (Lipinski definition) is 2. The van der Waals surface area contributed by atoms with Crippen molar-refractivity contribution in [1.82, 2.24) is 10.2 Å². The number of nitrogens with one attached hydrogen (secondary N) is 1. The molecular formula is C18H30N2O2. The highest BCUT2D eigenvalue weighted by molar-refractivity contribution is 5.79. The predicted molar refractivity (Wildman–Crippen MR) is 87.5 cm³/mol. The quantitative estimate of drug-likeness (QED) is 0.783. The van der Waals surface area contributed by atoms with Gasteiger partial charge < -0.3 is 15.3 Å². The van der Waals surface area contributed by atoms with E-state index in [9.17, 15) is 9.90 Å². The molecule has 0 bridgehead atoms. The average molecular weight is 306 g/mol. The third-order valence-corrected chi connectivity index (χ3v) is 5.61. The van der Waals surface area contributed by atoms with Crippen molar-refractivity contribution in [3.8, 4) is 0 Å². The van der Waals surface area contributed by atoms with Crippen molar-refractivity contribution in [2.75, 3.05) is 19.6 Å². The Bertz CT molecular complexity index is 399. The summed E-state index contributed by atoms with van der Waals surface area (Å²) in [5.41, 5.74) is -0.455. The van der Waals surface area contributed by atoms with Crippen LogP contribution in [0.5, 0.6) is 0 Å². The Morgan fingerprint density at radius 3 is 2.41 bits per heavy atom. The van der Waals surface area contributed by atoms with Crippen LogP contribution < -0.4 is 5.32 Å². The molecule has 0 aromatic rings. The van der Waals surface area contributed by atoms with Gasteiger partial charge in [0.1, 0.15) is 0 Å². The van der Waals surface area contributed by atoms with E-state index in [-0.39, 0.29) is 11.8 Å². The lowest BCUT2D eigenvalue weighted by atomic mass is 9.84. The van der Waals surface area contributed by atoms with Gasteiger partial charge in [0.25, 0.3) is 0 Å². The second-order valence-corrected chi connectivity index (χ2v) is 7.48. The minimum atomic E-state index is -0.455. The molecule has 0 aromatic carbocycles. The molecule has 0 radical (unpaired) electrons. The number of likely N-dealkylation sites (tertiary alicyclic amines) is 1. The summed E-state index contributed by atoms with van der Waals surface area (Å²) >= 11 is 0. The summed E-state index contributed by atoms with van der Waals surface area (Å²) in [6, 6.07) is 0.324. The van der Waals surface area contributed by atoms with Gasteiger partial charge in [0.05, 0.1) is 5.60 Å². The molecule has 0 atom stereocenters. The van der Waals surface area contributed by atoms with E-state index in [0.29, 0.717) is 6.04 Å². The van der Waals surface area contributed by atoms with Gasteiger partial charge in [-0.2, -0.15) is 0 Å². The number of carbonyl (C=O) groups excluding carboxylic acids is 1. The molecule has 124 valence electrons. The number of aliphatic hydroxyl groups is 1. The number of allylic oxidation sites excluding steroid dienone is 2. The van der Waals surface area contributed by atoms with Crippen LogP contribution in [0.25, 0.3) is 0 Å². The van der Waals surface area contributed by atoms with Gasteiger partial charge in [0.15, 0.2) is 0 Å². The number of carbonyl (C=O) groups is 1. The minimum absolute atomic E-state index is 0.168. The van der Waals surface area contributed by atoms with Crippen LogP contribution in [-0.4, -0.2) is 47.2 Å². The zero-order valence-corrected chi connectivity index (χ0v) is 13.6. The topological polar surface area (TPSA) is 52.6 Å². The Hall–Kier alpha value is -0.870. The zero-order chi connectivity index (χ0) is 15.4. The molecule has 22 heavy (non-hydrogen) atoms. The van der Waals surface area contributed by atoms with Crippen LogP contribution in [0.1, 0.15) is 57.8 Å². The molecule has 1 heterocycles. The van der Waals surface area contributed by atoms with Crippen molar-refractivity contribution < 1.29 is 9.90 Å². The summed E-state index contributed by atoms with van der Waals surface area (Å²) in [5.74, 6) is 0.398. The van der Waals surface area contributed by atoms with E-state index in [1.807, 2.05) is 0 Å². The fourth-order valence-corrected chi connectivity index (χ4v) is 4.17. The lowest BCUT2D eigenvalue weighted by Crippen LogP contribution is -2.51. The highest BCUT2D eigenvalue weighted by Gasteiger charge is 2.33. The summed E-state index contributed by atoms with van der Waals surface area (Å²) in [7, 11) is 0. The van der Waals surface area contributed by atoms with E-state index in [0.717, 1.165) is 58.2 Å². The molecule has 0 spiro atoms. The third-order valence-electron chi connectivity index (χ3n) is 5.61. The molecule has 4 nitrogen and oxygen atoms in total. The van der Waals surface area contributed by atoms with E-state index in [1.165, 1.54) is 19.3 Å². The lowest BCUT2D eigenvalue weighted by molar-refractivity contribution is -0.125. The van der Waals surface area contributed by atoms with Crippen LogP contribution in [0.15, 0.2) is 12.2 Å². The molecule has 2 fully saturated rings. The van der Waals surface area contributed by atoms with Gasteiger partial charge in [0, 0.05) is 31.6 Å². The Kier molecular flexibility index (Phi) is 5.19. The van der Waals surface area contributed by atoms with Crippen molar-refractivity contribution in [3.05, 3.63) is 12.2 Å². The van der Waals surface area contributed by atoms with Crippen molar-refractivity contribution in [2.24, 2.45) is 5.92 Å². The molecule has 1 aliphatic heterocycles. The van der Waals surface area contributed by atoms with E-state index in [4.69, 9.17) is 0 Å². The third kappa shape index (κ3) is 4.11. The first-order chi connectivity index (χ1) is 10.6.